The van der Waals surface area contributed by atoms with Crippen LogP contribution in [0.1, 0.15) is 10.4 Å². The summed E-state index contributed by atoms with van der Waals surface area (Å²) in [5.41, 5.74) is 0.705. The van der Waals surface area contributed by atoms with Crippen molar-refractivity contribution in [3.63, 3.8) is 0 Å². The molecule has 21 heavy (non-hydrogen) atoms. The normalized spacial score (nSPS) is 15.9. The van der Waals surface area contributed by atoms with Crippen LogP contribution in [0.15, 0.2) is 28.7 Å². The first-order valence-corrected chi connectivity index (χ1v) is 7.74. The second kappa shape index (κ2) is 7.04. The standard InChI is InChI=1S/C15H20BrN3O2/c1-17(2)14(20)11-18-7-9-19(10-8-18)15(21)12-3-5-13(16)6-4-12/h3-6H,7-11H2,1-2H3. The highest BCUT2D eigenvalue weighted by atomic mass is 79.9. The summed E-state index contributed by atoms with van der Waals surface area (Å²) >= 11 is 3.37. The maximum Gasteiger partial charge on any atom is 0.253 e. The number of rotatable bonds is 3. The van der Waals surface area contributed by atoms with Crippen molar-refractivity contribution < 1.29 is 9.59 Å². The van der Waals surface area contributed by atoms with Crippen LogP contribution in [0.3, 0.4) is 0 Å². The Morgan fingerprint density at radius 3 is 2.19 bits per heavy atom. The molecule has 1 fully saturated rings. The first kappa shape index (κ1) is 16.0. The quantitative estimate of drug-likeness (QED) is 0.822. The molecule has 0 bridgehead atoms. The molecule has 0 unspecified atom stereocenters. The molecular weight excluding hydrogens is 334 g/mol. The maximum atomic E-state index is 12.4. The van der Waals surface area contributed by atoms with E-state index in [2.05, 4.69) is 20.8 Å². The number of nitrogens with zero attached hydrogens (tertiary/aromatic N) is 3. The van der Waals surface area contributed by atoms with Crippen molar-refractivity contribution in [2.24, 2.45) is 0 Å². The number of benzene rings is 1. The zero-order valence-corrected chi connectivity index (χ0v) is 14.0. The van der Waals surface area contributed by atoms with E-state index in [0.29, 0.717) is 25.2 Å². The number of carbonyl (C=O) groups excluding carboxylic acids is 2. The van der Waals surface area contributed by atoms with Gasteiger partial charge in [-0.25, -0.2) is 0 Å². The van der Waals surface area contributed by atoms with E-state index in [4.69, 9.17) is 0 Å². The molecule has 1 heterocycles. The fourth-order valence-electron chi connectivity index (χ4n) is 2.22. The minimum Gasteiger partial charge on any atom is -0.348 e. The lowest BCUT2D eigenvalue weighted by Gasteiger charge is -2.34. The van der Waals surface area contributed by atoms with Gasteiger partial charge in [0.05, 0.1) is 6.54 Å². The van der Waals surface area contributed by atoms with E-state index in [1.165, 1.54) is 0 Å². The highest BCUT2D eigenvalue weighted by Crippen LogP contribution is 2.13. The lowest BCUT2D eigenvalue weighted by molar-refractivity contribution is -0.130. The van der Waals surface area contributed by atoms with Crippen LogP contribution in [-0.2, 0) is 4.79 Å². The van der Waals surface area contributed by atoms with Gasteiger partial charge in [0.2, 0.25) is 5.91 Å². The zero-order valence-electron chi connectivity index (χ0n) is 12.4. The lowest BCUT2D eigenvalue weighted by atomic mass is 10.2. The smallest absolute Gasteiger partial charge is 0.253 e. The second-order valence-corrected chi connectivity index (χ2v) is 6.28. The Morgan fingerprint density at radius 2 is 1.67 bits per heavy atom. The van der Waals surface area contributed by atoms with Crippen LogP contribution in [0.2, 0.25) is 0 Å². The number of halogens is 1. The van der Waals surface area contributed by atoms with Crippen LogP contribution in [0.25, 0.3) is 0 Å². The van der Waals surface area contributed by atoms with Crippen LogP contribution in [0.4, 0.5) is 0 Å². The first-order chi connectivity index (χ1) is 9.97. The molecule has 1 saturated heterocycles. The molecule has 114 valence electrons. The molecule has 2 amide bonds. The second-order valence-electron chi connectivity index (χ2n) is 5.36. The van der Waals surface area contributed by atoms with Crippen molar-refractivity contribution in [1.82, 2.24) is 14.7 Å². The lowest BCUT2D eigenvalue weighted by Crippen LogP contribution is -2.51. The third kappa shape index (κ3) is 4.28. The molecule has 0 saturated carbocycles. The number of hydrogen-bond donors (Lipinski definition) is 0. The number of piperazine rings is 1. The monoisotopic (exact) mass is 353 g/mol. The first-order valence-electron chi connectivity index (χ1n) is 6.94. The molecule has 5 nitrogen and oxygen atoms in total. The minimum atomic E-state index is 0.0566. The average molecular weight is 354 g/mol. The summed E-state index contributed by atoms with van der Waals surface area (Å²) in [6.45, 7) is 3.22. The number of hydrogen-bond acceptors (Lipinski definition) is 3. The van der Waals surface area contributed by atoms with Gasteiger partial charge >= 0.3 is 0 Å². The Bertz CT molecular complexity index is 508. The van der Waals surface area contributed by atoms with E-state index in [9.17, 15) is 9.59 Å². The van der Waals surface area contributed by atoms with E-state index >= 15 is 0 Å². The fraction of sp³-hybridized carbons (Fsp3) is 0.467. The van der Waals surface area contributed by atoms with Crippen LogP contribution < -0.4 is 0 Å². The molecular formula is C15H20BrN3O2. The van der Waals surface area contributed by atoms with E-state index < -0.39 is 0 Å². The van der Waals surface area contributed by atoms with Gasteiger partial charge < -0.3 is 9.80 Å². The third-order valence-corrected chi connectivity index (χ3v) is 4.14. The van der Waals surface area contributed by atoms with Crippen molar-refractivity contribution in [2.45, 2.75) is 0 Å². The molecule has 6 heteroatoms. The van der Waals surface area contributed by atoms with Gasteiger partial charge in [-0.2, -0.15) is 0 Å². The molecule has 1 aromatic carbocycles. The SMILES string of the molecule is CN(C)C(=O)CN1CCN(C(=O)c2ccc(Br)cc2)CC1. The molecule has 0 aromatic heterocycles. The van der Waals surface area contributed by atoms with Gasteiger partial charge in [-0.3, -0.25) is 14.5 Å². The Hall–Kier alpha value is -1.40. The van der Waals surface area contributed by atoms with E-state index in [1.807, 2.05) is 29.2 Å². The predicted molar refractivity (Wildman–Crippen MR) is 85.2 cm³/mol. The zero-order chi connectivity index (χ0) is 15.4. The molecule has 0 atom stereocenters. The summed E-state index contributed by atoms with van der Waals surface area (Å²) in [5.74, 6) is 0.156. The Labute approximate surface area is 133 Å². The summed E-state index contributed by atoms with van der Waals surface area (Å²) in [6.07, 6.45) is 0. The molecule has 2 rings (SSSR count). The van der Waals surface area contributed by atoms with Crippen molar-refractivity contribution in [3.05, 3.63) is 34.3 Å². The summed E-state index contributed by atoms with van der Waals surface area (Å²) in [7, 11) is 3.52. The summed E-state index contributed by atoms with van der Waals surface area (Å²) in [6, 6.07) is 7.40. The molecule has 1 aromatic rings. The molecule has 0 N–H and O–H groups in total. The number of carbonyl (C=O) groups is 2. The van der Waals surface area contributed by atoms with Crippen LogP contribution >= 0.6 is 15.9 Å². The highest BCUT2D eigenvalue weighted by molar-refractivity contribution is 9.10. The molecule has 1 aliphatic heterocycles. The van der Waals surface area contributed by atoms with Gasteiger partial charge in [0.1, 0.15) is 0 Å². The van der Waals surface area contributed by atoms with Crippen molar-refractivity contribution >= 4 is 27.7 Å². The molecule has 0 aliphatic carbocycles. The highest BCUT2D eigenvalue weighted by Gasteiger charge is 2.23. The van der Waals surface area contributed by atoms with Crippen LogP contribution in [-0.4, -0.2) is 73.3 Å². The Balaban J connectivity index is 1.87. The largest absolute Gasteiger partial charge is 0.348 e. The van der Waals surface area contributed by atoms with Gasteiger partial charge in [0.25, 0.3) is 5.91 Å². The van der Waals surface area contributed by atoms with Gasteiger partial charge in [0.15, 0.2) is 0 Å². The Kier molecular flexibility index (Phi) is 5.36. The molecule has 0 spiro atoms. The number of likely N-dealkylation sites (N-methyl/N-ethyl adjacent to an activating group) is 1. The van der Waals surface area contributed by atoms with Gasteiger partial charge in [0, 0.05) is 50.3 Å². The summed E-state index contributed by atoms with van der Waals surface area (Å²) < 4.78 is 0.964. The Morgan fingerprint density at radius 1 is 1.10 bits per heavy atom. The van der Waals surface area contributed by atoms with Gasteiger partial charge in [-0.1, -0.05) is 15.9 Å². The maximum absolute atomic E-state index is 12.4. The molecule has 1 aliphatic rings. The minimum absolute atomic E-state index is 0.0566. The summed E-state index contributed by atoms with van der Waals surface area (Å²) in [4.78, 5) is 29.6. The topological polar surface area (TPSA) is 43.9 Å². The van der Waals surface area contributed by atoms with Crippen molar-refractivity contribution in [1.29, 1.82) is 0 Å². The number of amides is 2. The van der Waals surface area contributed by atoms with Crippen molar-refractivity contribution in [2.75, 3.05) is 46.8 Å². The van der Waals surface area contributed by atoms with Gasteiger partial charge in [-0.05, 0) is 24.3 Å². The van der Waals surface area contributed by atoms with E-state index in [0.717, 1.165) is 17.6 Å². The third-order valence-electron chi connectivity index (χ3n) is 3.61. The van der Waals surface area contributed by atoms with Gasteiger partial charge in [-0.15, -0.1) is 0 Å². The van der Waals surface area contributed by atoms with E-state index in [1.54, 1.807) is 19.0 Å². The van der Waals surface area contributed by atoms with Crippen LogP contribution in [0.5, 0.6) is 0 Å². The van der Waals surface area contributed by atoms with Crippen molar-refractivity contribution in [3.8, 4) is 0 Å². The fourth-order valence-corrected chi connectivity index (χ4v) is 2.48. The average Bonchev–Trinajstić information content (AvgIpc) is 2.48. The summed E-state index contributed by atoms with van der Waals surface area (Å²) in [5, 5.41) is 0. The van der Waals surface area contributed by atoms with E-state index in [-0.39, 0.29) is 11.8 Å². The van der Waals surface area contributed by atoms with Crippen LogP contribution in [0, 0.1) is 0 Å². The predicted octanol–water partition coefficient (Wildman–Crippen LogP) is 1.30. The molecule has 0 radical (unpaired) electrons.